The molecular formula is C19H38F3NO3S. The Morgan fingerprint density at radius 3 is 1.63 bits per heavy atom. The van der Waals surface area contributed by atoms with Crippen molar-refractivity contribution in [3.63, 3.8) is 0 Å². The molecule has 0 radical (unpaired) electrons. The van der Waals surface area contributed by atoms with Crippen molar-refractivity contribution in [1.29, 1.82) is 0 Å². The standard InChI is InChI=1S/C18H38N.CHF3O3S/c1-3-5-7-8-9-10-12-16-19(15-6-4-2)17-13-11-14-18-19;2-1(3,4)8(5,6)7/h3-18H2,1-2H3;(H,5,6,7)/q+1;/p-1. The molecule has 0 spiro atoms. The van der Waals surface area contributed by atoms with Gasteiger partial charge >= 0.3 is 5.51 Å². The quantitative estimate of drug-likeness (QED) is 0.191. The van der Waals surface area contributed by atoms with E-state index in [1.165, 1.54) is 108 Å². The normalized spacial score (nSPS) is 17.3. The molecule has 164 valence electrons. The summed E-state index contributed by atoms with van der Waals surface area (Å²) in [6.07, 6.45) is 17.5. The molecule has 1 heterocycles. The predicted molar refractivity (Wildman–Crippen MR) is 102 cm³/mol. The van der Waals surface area contributed by atoms with Gasteiger partial charge in [0.05, 0.1) is 26.2 Å². The molecule has 1 saturated heterocycles. The minimum Gasteiger partial charge on any atom is -0.741 e. The fraction of sp³-hybridized carbons (Fsp3) is 1.00. The maximum Gasteiger partial charge on any atom is 0.485 e. The van der Waals surface area contributed by atoms with Crippen molar-refractivity contribution in [3.8, 4) is 0 Å². The Morgan fingerprint density at radius 1 is 0.778 bits per heavy atom. The fourth-order valence-corrected chi connectivity index (χ4v) is 3.64. The van der Waals surface area contributed by atoms with Crippen molar-refractivity contribution in [2.24, 2.45) is 0 Å². The van der Waals surface area contributed by atoms with Crippen molar-refractivity contribution in [2.45, 2.75) is 96.4 Å². The van der Waals surface area contributed by atoms with Crippen LogP contribution in [0.25, 0.3) is 0 Å². The summed E-state index contributed by atoms with van der Waals surface area (Å²) < 4.78 is 60.4. The first-order valence-corrected chi connectivity index (χ1v) is 11.9. The van der Waals surface area contributed by atoms with Crippen LogP contribution in [0.2, 0.25) is 0 Å². The summed E-state index contributed by atoms with van der Waals surface area (Å²) in [5.74, 6) is 0. The number of likely N-dealkylation sites (tertiary alicyclic amines) is 1. The Hall–Kier alpha value is -0.340. The summed E-state index contributed by atoms with van der Waals surface area (Å²) in [5, 5.41) is 0. The molecule has 0 aromatic rings. The number of piperidine rings is 1. The molecular weight excluding hydrogens is 379 g/mol. The number of hydrogen-bond donors (Lipinski definition) is 0. The Kier molecular flexibility index (Phi) is 13.6. The molecule has 1 aliphatic heterocycles. The van der Waals surface area contributed by atoms with Gasteiger partial charge in [-0.2, -0.15) is 13.2 Å². The highest BCUT2D eigenvalue weighted by Crippen LogP contribution is 2.22. The van der Waals surface area contributed by atoms with E-state index in [9.17, 15) is 13.2 Å². The van der Waals surface area contributed by atoms with E-state index in [1.54, 1.807) is 0 Å². The molecule has 1 fully saturated rings. The zero-order valence-electron chi connectivity index (χ0n) is 17.0. The molecule has 4 nitrogen and oxygen atoms in total. The first kappa shape index (κ1) is 26.7. The van der Waals surface area contributed by atoms with E-state index in [0.717, 1.165) is 0 Å². The number of alkyl halides is 3. The van der Waals surface area contributed by atoms with E-state index in [0.29, 0.717) is 0 Å². The number of hydrogen-bond acceptors (Lipinski definition) is 3. The summed E-state index contributed by atoms with van der Waals surface area (Å²) in [6.45, 7) is 10.6. The van der Waals surface area contributed by atoms with Gasteiger partial charge in [0.15, 0.2) is 10.1 Å². The number of unbranched alkanes of at least 4 members (excludes halogenated alkanes) is 7. The van der Waals surface area contributed by atoms with E-state index in [4.69, 9.17) is 13.0 Å². The zero-order chi connectivity index (χ0) is 20.8. The Labute approximate surface area is 163 Å². The molecule has 1 rings (SSSR count). The SMILES string of the molecule is CCCCCCCCC[N+]1(CCCC)CCCCC1.O=S(=O)([O-])C(F)(F)F. The molecule has 0 atom stereocenters. The monoisotopic (exact) mass is 417 g/mol. The highest BCUT2D eigenvalue weighted by molar-refractivity contribution is 7.86. The zero-order valence-corrected chi connectivity index (χ0v) is 17.8. The van der Waals surface area contributed by atoms with Gasteiger partial charge in [-0.1, -0.05) is 52.4 Å². The molecule has 0 aromatic carbocycles. The largest absolute Gasteiger partial charge is 0.741 e. The van der Waals surface area contributed by atoms with Gasteiger partial charge in [0.25, 0.3) is 0 Å². The lowest BCUT2D eigenvalue weighted by Crippen LogP contribution is -2.52. The topological polar surface area (TPSA) is 57.2 Å². The second-order valence-electron chi connectivity index (χ2n) is 7.67. The molecule has 0 aromatic heterocycles. The van der Waals surface area contributed by atoms with E-state index in [1.807, 2.05) is 0 Å². The van der Waals surface area contributed by atoms with E-state index >= 15 is 0 Å². The molecule has 8 heteroatoms. The lowest BCUT2D eigenvalue weighted by atomic mass is 10.0. The van der Waals surface area contributed by atoms with Crippen LogP contribution >= 0.6 is 0 Å². The third kappa shape index (κ3) is 12.7. The average molecular weight is 418 g/mol. The lowest BCUT2D eigenvalue weighted by Gasteiger charge is -2.42. The molecule has 27 heavy (non-hydrogen) atoms. The lowest BCUT2D eigenvalue weighted by molar-refractivity contribution is -0.932. The van der Waals surface area contributed by atoms with E-state index in [2.05, 4.69) is 13.8 Å². The third-order valence-corrected chi connectivity index (χ3v) is 5.84. The predicted octanol–water partition coefficient (Wildman–Crippen LogP) is 5.59. The minimum atomic E-state index is -6.09. The van der Waals surface area contributed by atoms with Gasteiger partial charge in [-0.15, -0.1) is 0 Å². The van der Waals surface area contributed by atoms with Gasteiger partial charge in [0.1, 0.15) is 0 Å². The summed E-state index contributed by atoms with van der Waals surface area (Å²) >= 11 is 0. The van der Waals surface area contributed by atoms with Crippen molar-refractivity contribution < 1.29 is 30.6 Å². The number of nitrogens with zero attached hydrogens (tertiary/aromatic N) is 1. The van der Waals surface area contributed by atoms with Crippen LogP contribution in [0.3, 0.4) is 0 Å². The second-order valence-corrected chi connectivity index (χ2v) is 9.04. The van der Waals surface area contributed by atoms with Crippen LogP contribution in [0.15, 0.2) is 0 Å². The number of quaternary nitrogens is 1. The molecule has 0 saturated carbocycles. The number of rotatable bonds is 11. The van der Waals surface area contributed by atoms with Crippen LogP contribution in [0.4, 0.5) is 13.2 Å². The van der Waals surface area contributed by atoms with E-state index in [-0.39, 0.29) is 0 Å². The van der Waals surface area contributed by atoms with Crippen molar-refractivity contribution in [2.75, 3.05) is 26.2 Å². The van der Waals surface area contributed by atoms with Gasteiger partial charge < -0.3 is 9.04 Å². The summed E-state index contributed by atoms with van der Waals surface area (Å²) in [5.41, 5.74) is -5.65. The van der Waals surface area contributed by atoms with Crippen molar-refractivity contribution >= 4 is 10.1 Å². The summed E-state index contributed by atoms with van der Waals surface area (Å²) in [6, 6.07) is 0. The molecule has 0 unspecified atom stereocenters. The van der Waals surface area contributed by atoms with Crippen LogP contribution in [0.5, 0.6) is 0 Å². The van der Waals surface area contributed by atoms with Gasteiger partial charge in [-0.25, -0.2) is 8.42 Å². The second kappa shape index (κ2) is 13.8. The molecule has 0 aliphatic carbocycles. The highest BCUT2D eigenvalue weighted by Gasteiger charge is 2.36. The van der Waals surface area contributed by atoms with Crippen LogP contribution in [0.1, 0.15) is 90.9 Å². The smallest absolute Gasteiger partial charge is 0.485 e. The van der Waals surface area contributed by atoms with Crippen LogP contribution in [0, 0.1) is 0 Å². The van der Waals surface area contributed by atoms with E-state index < -0.39 is 15.6 Å². The van der Waals surface area contributed by atoms with Gasteiger partial charge in [-0.3, -0.25) is 0 Å². The van der Waals surface area contributed by atoms with Crippen LogP contribution < -0.4 is 0 Å². The first-order chi connectivity index (χ1) is 12.6. The molecule has 0 amide bonds. The third-order valence-electron chi connectivity index (χ3n) is 5.27. The van der Waals surface area contributed by atoms with Crippen LogP contribution in [-0.2, 0) is 10.1 Å². The van der Waals surface area contributed by atoms with Gasteiger partial charge in [-0.05, 0) is 38.5 Å². The maximum absolute atomic E-state index is 10.7. The van der Waals surface area contributed by atoms with Crippen LogP contribution in [-0.4, -0.2) is 49.1 Å². The minimum absolute atomic E-state index is 1.37. The Balaban J connectivity index is 0.000000713. The molecule has 1 aliphatic rings. The molecule has 0 N–H and O–H groups in total. The fourth-order valence-electron chi connectivity index (χ4n) is 3.64. The van der Waals surface area contributed by atoms with Crippen molar-refractivity contribution in [3.05, 3.63) is 0 Å². The highest BCUT2D eigenvalue weighted by atomic mass is 32.2. The summed E-state index contributed by atoms with van der Waals surface area (Å²) in [4.78, 5) is 0. The number of halogens is 3. The first-order valence-electron chi connectivity index (χ1n) is 10.5. The maximum atomic E-state index is 10.7. The average Bonchev–Trinajstić information content (AvgIpc) is 2.59. The summed E-state index contributed by atoms with van der Waals surface area (Å²) in [7, 11) is -6.09. The Bertz CT molecular complexity index is 461. The Morgan fingerprint density at radius 2 is 1.19 bits per heavy atom. The molecule has 0 bridgehead atoms. The van der Waals surface area contributed by atoms with Gasteiger partial charge in [0, 0.05) is 0 Å². The van der Waals surface area contributed by atoms with Crippen molar-refractivity contribution in [1.82, 2.24) is 0 Å². The van der Waals surface area contributed by atoms with Gasteiger partial charge in [0.2, 0.25) is 0 Å².